The van der Waals surface area contributed by atoms with Crippen molar-refractivity contribution in [1.82, 2.24) is 15.1 Å². The zero-order valence-corrected chi connectivity index (χ0v) is 12.7. The molecule has 0 bridgehead atoms. The van der Waals surface area contributed by atoms with Crippen LogP contribution in [0, 0.1) is 11.3 Å². The molecule has 0 saturated heterocycles. The fourth-order valence-electron chi connectivity index (χ4n) is 3.62. The van der Waals surface area contributed by atoms with E-state index in [1.807, 2.05) is 0 Å². The fourth-order valence-corrected chi connectivity index (χ4v) is 3.62. The average molecular weight is 261 g/mol. The molecule has 1 N–H and O–H groups in total. The molecule has 3 nitrogen and oxygen atoms in total. The molecule has 19 heavy (non-hydrogen) atoms. The Morgan fingerprint density at radius 2 is 2.21 bits per heavy atom. The van der Waals surface area contributed by atoms with E-state index in [1.54, 1.807) is 0 Å². The second-order valence-corrected chi connectivity index (χ2v) is 7.22. The minimum absolute atomic E-state index is 0.376. The molecule has 2 aliphatic carbocycles. The van der Waals surface area contributed by atoms with Crippen LogP contribution in [0.2, 0.25) is 0 Å². The second-order valence-electron chi connectivity index (χ2n) is 7.22. The molecule has 0 aromatic carbocycles. The lowest BCUT2D eigenvalue weighted by Crippen LogP contribution is -2.34. The Bertz CT molecular complexity index is 457. The summed E-state index contributed by atoms with van der Waals surface area (Å²) < 4.78 is 2.33. The van der Waals surface area contributed by atoms with Crippen molar-refractivity contribution in [2.45, 2.75) is 65.5 Å². The first-order valence-electron chi connectivity index (χ1n) is 7.81. The highest BCUT2D eigenvalue weighted by Crippen LogP contribution is 2.44. The smallest absolute Gasteiger partial charge is 0.0540 e. The van der Waals surface area contributed by atoms with E-state index in [4.69, 9.17) is 5.10 Å². The number of fused-ring (bicyclic) bond motifs is 1. The van der Waals surface area contributed by atoms with Gasteiger partial charge in [0.2, 0.25) is 0 Å². The van der Waals surface area contributed by atoms with Gasteiger partial charge in [-0.2, -0.15) is 5.10 Å². The highest BCUT2D eigenvalue weighted by Gasteiger charge is 2.37. The first-order chi connectivity index (χ1) is 9.02. The van der Waals surface area contributed by atoms with Crippen LogP contribution in [0.15, 0.2) is 6.20 Å². The monoisotopic (exact) mass is 261 g/mol. The van der Waals surface area contributed by atoms with Gasteiger partial charge >= 0.3 is 0 Å². The first kappa shape index (κ1) is 13.2. The van der Waals surface area contributed by atoms with E-state index in [9.17, 15) is 0 Å². The summed E-state index contributed by atoms with van der Waals surface area (Å²) in [5.41, 5.74) is 3.32. The Labute approximate surface area is 116 Å². The van der Waals surface area contributed by atoms with Gasteiger partial charge in [-0.15, -0.1) is 0 Å². The number of nitrogens with one attached hydrogen (secondary N) is 1. The van der Waals surface area contributed by atoms with Crippen molar-refractivity contribution in [3.63, 3.8) is 0 Å². The van der Waals surface area contributed by atoms with Crippen LogP contribution in [0.1, 0.15) is 70.3 Å². The number of aromatic nitrogens is 2. The van der Waals surface area contributed by atoms with Crippen LogP contribution < -0.4 is 5.32 Å². The maximum Gasteiger partial charge on any atom is 0.0540 e. The maximum atomic E-state index is 4.73. The summed E-state index contributed by atoms with van der Waals surface area (Å²) in [6.07, 6.45) is 7.28. The highest BCUT2D eigenvalue weighted by molar-refractivity contribution is 5.27. The van der Waals surface area contributed by atoms with E-state index >= 15 is 0 Å². The predicted molar refractivity (Wildman–Crippen MR) is 78.2 cm³/mol. The molecule has 3 rings (SSSR count). The molecule has 0 spiro atoms. The molecule has 0 aliphatic heterocycles. The van der Waals surface area contributed by atoms with Crippen molar-refractivity contribution in [2.24, 2.45) is 11.3 Å². The van der Waals surface area contributed by atoms with Gasteiger partial charge in [-0.05, 0) is 50.5 Å². The molecule has 1 saturated carbocycles. The summed E-state index contributed by atoms with van der Waals surface area (Å²) in [5.74, 6) is 0.867. The largest absolute Gasteiger partial charge is 0.310 e. The van der Waals surface area contributed by atoms with Gasteiger partial charge in [0.1, 0.15) is 0 Å². The molecule has 1 fully saturated rings. The van der Waals surface area contributed by atoms with Crippen molar-refractivity contribution in [3.05, 3.63) is 17.5 Å². The Balaban J connectivity index is 1.94. The number of rotatable bonds is 4. The van der Waals surface area contributed by atoms with Crippen molar-refractivity contribution >= 4 is 0 Å². The molecule has 106 valence electrons. The van der Waals surface area contributed by atoms with Crippen LogP contribution in [0.4, 0.5) is 0 Å². The molecule has 0 amide bonds. The van der Waals surface area contributed by atoms with Crippen LogP contribution in [0.3, 0.4) is 0 Å². The summed E-state index contributed by atoms with van der Waals surface area (Å²) in [4.78, 5) is 0. The minimum Gasteiger partial charge on any atom is -0.310 e. The molecule has 2 atom stereocenters. The topological polar surface area (TPSA) is 29.9 Å². The lowest BCUT2D eigenvalue weighted by molar-refractivity contribution is 0.247. The van der Waals surface area contributed by atoms with E-state index in [-0.39, 0.29) is 0 Å². The number of hydrogen-bond donors (Lipinski definition) is 1. The molecule has 3 heteroatoms. The van der Waals surface area contributed by atoms with Crippen LogP contribution in [0.25, 0.3) is 0 Å². The van der Waals surface area contributed by atoms with Crippen molar-refractivity contribution in [2.75, 3.05) is 6.54 Å². The predicted octanol–water partition coefficient (Wildman–Crippen LogP) is 3.48. The molecule has 2 unspecified atom stereocenters. The molecule has 0 radical (unpaired) electrons. The highest BCUT2D eigenvalue weighted by atomic mass is 15.3. The Kier molecular flexibility index (Phi) is 3.20. The lowest BCUT2D eigenvalue weighted by atomic mass is 9.74. The van der Waals surface area contributed by atoms with E-state index < -0.39 is 0 Å². The summed E-state index contributed by atoms with van der Waals surface area (Å²) in [5, 5.41) is 8.37. The van der Waals surface area contributed by atoms with Crippen molar-refractivity contribution in [3.8, 4) is 0 Å². The van der Waals surface area contributed by atoms with Gasteiger partial charge in [0.05, 0.1) is 12.2 Å². The molecule has 2 aliphatic rings. The van der Waals surface area contributed by atoms with Crippen molar-refractivity contribution < 1.29 is 0 Å². The third-order valence-electron chi connectivity index (χ3n) is 4.85. The van der Waals surface area contributed by atoms with Crippen LogP contribution in [0.5, 0.6) is 0 Å². The molecular weight excluding hydrogens is 234 g/mol. The first-order valence-corrected chi connectivity index (χ1v) is 7.81. The molecule has 1 aromatic heterocycles. The van der Waals surface area contributed by atoms with Gasteiger partial charge in [0.25, 0.3) is 0 Å². The normalized spacial score (nSPS) is 27.1. The van der Waals surface area contributed by atoms with Crippen LogP contribution in [-0.2, 0) is 6.42 Å². The summed E-state index contributed by atoms with van der Waals surface area (Å²) in [6, 6.07) is 1.07. The van der Waals surface area contributed by atoms with Gasteiger partial charge < -0.3 is 5.32 Å². The summed E-state index contributed by atoms with van der Waals surface area (Å²) in [6.45, 7) is 10.3. The van der Waals surface area contributed by atoms with Crippen LogP contribution >= 0.6 is 0 Å². The minimum atomic E-state index is 0.376. The van der Waals surface area contributed by atoms with E-state index in [2.05, 4.69) is 43.9 Å². The quantitative estimate of drug-likeness (QED) is 0.899. The third kappa shape index (κ3) is 2.45. The maximum absolute atomic E-state index is 4.73. The number of nitrogens with zero attached hydrogens (tertiary/aromatic N) is 2. The second kappa shape index (κ2) is 4.62. The third-order valence-corrected chi connectivity index (χ3v) is 4.85. The fraction of sp³-hybridized carbons (Fsp3) is 0.812. The van der Waals surface area contributed by atoms with Gasteiger partial charge in [0.15, 0.2) is 0 Å². The SMILES string of the molecule is CCNC1CC(C)(C)Cc2c1cnn2C(C)C1CC1. The van der Waals surface area contributed by atoms with E-state index in [0.717, 1.165) is 12.5 Å². The summed E-state index contributed by atoms with van der Waals surface area (Å²) >= 11 is 0. The van der Waals surface area contributed by atoms with Gasteiger partial charge in [-0.3, -0.25) is 4.68 Å². The standard InChI is InChI=1S/C16H27N3/c1-5-17-14-8-16(3,4)9-15-13(14)10-18-19(15)11(2)12-6-7-12/h10-12,14,17H,5-9H2,1-4H3. The average Bonchev–Trinajstić information content (AvgIpc) is 3.09. The van der Waals surface area contributed by atoms with Gasteiger partial charge in [-0.25, -0.2) is 0 Å². The molecular formula is C16H27N3. The van der Waals surface area contributed by atoms with Gasteiger partial charge in [-0.1, -0.05) is 20.8 Å². The van der Waals surface area contributed by atoms with E-state index in [0.29, 0.717) is 17.5 Å². The molecule has 1 heterocycles. The zero-order chi connectivity index (χ0) is 13.6. The Morgan fingerprint density at radius 1 is 1.47 bits per heavy atom. The zero-order valence-electron chi connectivity index (χ0n) is 12.7. The Morgan fingerprint density at radius 3 is 2.84 bits per heavy atom. The lowest BCUT2D eigenvalue weighted by Gasteiger charge is -2.36. The van der Waals surface area contributed by atoms with E-state index in [1.165, 1.54) is 36.9 Å². The summed E-state index contributed by atoms with van der Waals surface area (Å²) in [7, 11) is 0. The Hall–Kier alpha value is -0.830. The van der Waals surface area contributed by atoms with Gasteiger partial charge in [0, 0.05) is 17.3 Å². The molecule has 1 aromatic rings. The van der Waals surface area contributed by atoms with Crippen molar-refractivity contribution in [1.29, 1.82) is 0 Å². The number of hydrogen-bond acceptors (Lipinski definition) is 2. The van der Waals surface area contributed by atoms with Crippen LogP contribution in [-0.4, -0.2) is 16.3 Å².